The molecule has 1 aromatic rings. The Morgan fingerprint density at radius 1 is 1.06 bits per heavy atom. The van der Waals surface area contributed by atoms with Crippen molar-refractivity contribution in [2.24, 2.45) is 5.92 Å². The number of aliphatic hydroxyl groups excluding tert-OH is 1. The molecular formula is C27H38O4. The van der Waals surface area contributed by atoms with E-state index in [1.807, 2.05) is 6.92 Å². The van der Waals surface area contributed by atoms with Gasteiger partial charge in [0.15, 0.2) is 0 Å². The van der Waals surface area contributed by atoms with E-state index in [0.717, 1.165) is 17.1 Å². The normalized spacial score (nSPS) is 19.3. The standard InChI is InChI=1S/C27H38O4/c1-6-7-22-8-10-23(11-9-22)24-12-14-25(15-13-24)26(17-30-21(5)19(2)3)18-31-27(29)20(4)16-28/h12-15,22-23,26,28H,2,4-11,16-18H2,1,3H3. The first-order valence-electron chi connectivity index (χ1n) is 11.4. The van der Waals surface area contributed by atoms with Gasteiger partial charge in [-0.1, -0.05) is 63.8 Å². The van der Waals surface area contributed by atoms with Gasteiger partial charge in [-0.05, 0) is 61.1 Å². The van der Waals surface area contributed by atoms with Crippen LogP contribution in [0.25, 0.3) is 0 Å². The lowest BCUT2D eigenvalue weighted by Gasteiger charge is -2.29. The summed E-state index contributed by atoms with van der Waals surface area (Å²) in [5.74, 6) is 1.31. The van der Waals surface area contributed by atoms with E-state index < -0.39 is 12.6 Å². The second kappa shape index (κ2) is 12.5. The zero-order valence-corrected chi connectivity index (χ0v) is 19.2. The molecule has 0 heterocycles. The molecule has 0 spiro atoms. The molecule has 1 atom stereocenters. The van der Waals surface area contributed by atoms with Crippen LogP contribution in [0.5, 0.6) is 0 Å². The number of benzene rings is 1. The summed E-state index contributed by atoms with van der Waals surface area (Å²) in [5.41, 5.74) is 3.23. The average molecular weight is 427 g/mol. The third-order valence-corrected chi connectivity index (χ3v) is 6.25. The van der Waals surface area contributed by atoms with E-state index >= 15 is 0 Å². The number of ether oxygens (including phenoxy) is 2. The molecule has 2 rings (SSSR count). The molecular weight excluding hydrogens is 388 g/mol. The second-order valence-electron chi connectivity index (χ2n) is 8.74. The van der Waals surface area contributed by atoms with Gasteiger partial charge in [-0.25, -0.2) is 4.79 Å². The Bertz CT molecular complexity index is 754. The molecule has 170 valence electrons. The van der Waals surface area contributed by atoms with E-state index in [0.29, 0.717) is 18.3 Å². The Morgan fingerprint density at radius 2 is 1.68 bits per heavy atom. The third kappa shape index (κ3) is 7.70. The van der Waals surface area contributed by atoms with Crippen LogP contribution in [0.3, 0.4) is 0 Å². The summed E-state index contributed by atoms with van der Waals surface area (Å²) in [4.78, 5) is 11.9. The molecule has 1 aliphatic carbocycles. The maximum Gasteiger partial charge on any atom is 0.335 e. The summed E-state index contributed by atoms with van der Waals surface area (Å²) in [5, 5.41) is 9.08. The van der Waals surface area contributed by atoms with Crippen molar-refractivity contribution in [3.05, 3.63) is 72.0 Å². The van der Waals surface area contributed by atoms with E-state index in [-0.39, 0.29) is 18.1 Å². The van der Waals surface area contributed by atoms with Crippen LogP contribution in [0.4, 0.5) is 0 Å². The molecule has 1 aliphatic rings. The van der Waals surface area contributed by atoms with Crippen molar-refractivity contribution in [1.82, 2.24) is 0 Å². The number of carbonyl (C=O) groups excluding carboxylic acids is 1. The first-order chi connectivity index (χ1) is 14.8. The van der Waals surface area contributed by atoms with Crippen LogP contribution in [0.1, 0.15) is 75.3 Å². The lowest BCUT2D eigenvalue weighted by molar-refractivity contribution is -0.140. The van der Waals surface area contributed by atoms with Gasteiger partial charge in [0.1, 0.15) is 12.4 Å². The van der Waals surface area contributed by atoms with Crippen LogP contribution in [0.2, 0.25) is 0 Å². The number of esters is 1. The van der Waals surface area contributed by atoms with E-state index in [1.54, 1.807) is 0 Å². The van der Waals surface area contributed by atoms with Crippen molar-refractivity contribution >= 4 is 5.97 Å². The number of carbonyl (C=O) groups is 1. The summed E-state index contributed by atoms with van der Waals surface area (Å²) in [6.07, 6.45) is 7.80. The maximum atomic E-state index is 11.9. The summed E-state index contributed by atoms with van der Waals surface area (Å²) >= 11 is 0. The molecule has 0 bridgehead atoms. The van der Waals surface area contributed by atoms with Crippen molar-refractivity contribution in [1.29, 1.82) is 0 Å². The van der Waals surface area contributed by atoms with E-state index in [4.69, 9.17) is 14.6 Å². The van der Waals surface area contributed by atoms with E-state index in [9.17, 15) is 4.79 Å². The molecule has 1 aromatic carbocycles. The average Bonchev–Trinajstić information content (AvgIpc) is 2.79. The molecule has 0 amide bonds. The highest BCUT2D eigenvalue weighted by Crippen LogP contribution is 2.37. The van der Waals surface area contributed by atoms with Gasteiger partial charge in [-0.2, -0.15) is 0 Å². The Morgan fingerprint density at radius 3 is 2.23 bits per heavy atom. The predicted octanol–water partition coefficient (Wildman–Crippen LogP) is 6.04. The summed E-state index contributed by atoms with van der Waals surface area (Å²) in [6, 6.07) is 8.63. The van der Waals surface area contributed by atoms with Crippen molar-refractivity contribution in [2.45, 2.75) is 64.2 Å². The molecule has 1 saturated carbocycles. The minimum absolute atomic E-state index is 0.0417. The molecule has 0 saturated heterocycles. The fourth-order valence-corrected chi connectivity index (χ4v) is 4.14. The molecule has 4 nitrogen and oxygen atoms in total. The summed E-state index contributed by atoms with van der Waals surface area (Å²) < 4.78 is 11.1. The van der Waals surface area contributed by atoms with Gasteiger partial charge in [-0.15, -0.1) is 0 Å². The van der Waals surface area contributed by atoms with Crippen molar-refractivity contribution in [3.63, 3.8) is 0 Å². The number of rotatable bonds is 12. The fraction of sp³-hybridized carbons (Fsp3) is 0.519. The van der Waals surface area contributed by atoms with Crippen LogP contribution in [-0.4, -0.2) is 30.9 Å². The third-order valence-electron chi connectivity index (χ3n) is 6.25. The molecule has 0 aliphatic heterocycles. The Kier molecular flexibility index (Phi) is 10.1. The first kappa shape index (κ1) is 24.9. The minimum Gasteiger partial charge on any atom is -0.493 e. The van der Waals surface area contributed by atoms with E-state index in [1.165, 1.54) is 44.1 Å². The smallest absolute Gasteiger partial charge is 0.335 e. The Balaban J connectivity index is 2.04. The second-order valence-corrected chi connectivity index (χ2v) is 8.74. The molecule has 4 heteroatoms. The quantitative estimate of drug-likeness (QED) is 0.191. The first-order valence-corrected chi connectivity index (χ1v) is 11.4. The lowest BCUT2D eigenvalue weighted by atomic mass is 9.77. The van der Waals surface area contributed by atoms with E-state index in [2.05, 4.69) is 50.9 Å². The summed E-state index contributed by atoms with van der Waals surface area (Å²) in [7, 11) is 0. The van der Waals surface area contributed by atoms with Gasteiger partial charge in [0, 0.05) is 0 Å². The Hall–Kier alpha value is -2.33. The van der Waals surface area contributed by atoms with Gasteiger partial charge in [0.05, 0.1) is 24.7 Å². The Labute approximate surface area is 187 Å². The van der Waals surface area contributed by atoms with Crippen LogP contribution in [0.15, 0.2) is 60.9 Å². The lowest BCUT2D eigenvalue weighted by Crippen LogP contribution is -2.19. The minimum atomic E-state index is -0.591. The molecule has 1 unspecified atom stereocenters. The van der Waals surface area contributed by atoms with Crippen LogP contribution in [-0.2, 0) is 14.3 Å². The molecule has 0 aromatic heterocycles. The number of hydrogen-bond donors (Lipinski definition) is 1. The fourth-order valence-electron chi connectivity index (χ4n) is 4.14. The molecule has 1 N–H and O–H groups in total. The van der Waals surface area contributed by atoms with Crippen molar-refractivity contribution in [3.8, 4) is 0 Å². The molecule has 0 radical (unpaired) electrons. The largest absolute Gasteiger partial charge is 0.493 e. The number of aliphatic hydroxyl groups is 1. The highest BCUT2D eigenvalue weighted by Gasteiger charge is 2.23. The van der Waals surface area contributed by atoms with Crippen LogP contribution >= 0.6 is 0 Å². The van der Waals surface area contributed by atoms with Crippen LogP contribution < -0.4 is 0 Å². The highest BCUT2D eigenvalue weighted by molar-refractivity contribution is 5.87. The highest BCUT2D eigenvalue weighted by atomic mass is 16.5. The number of hydrogen-bond acceptors (Lipinski definition) is 4. The number of allylic oxidation sites excluding steroid dienone is 1. The van der Waals surface area contributed by atoms with Crippen molar-refractivity contribution in [2.75, 3.05) is 19.8 Å². The molecule has 1 fully saturated rings. The predicted molar refractivity (Wildman–Crippen MR) is 126 cm³/mol. The summed E-state index contributed by atoms with van der Waals surface area (Å²) in [6.45, 7) is 15.4. The SMILES string of the molecule is C=C(C)C(=C)OCC(COC(=O)C(=C)CO)c1ccc(C2CCC(CCC)CC2)cc1. The molecule has 31 heavy (non-hydrogen) atoms. The van der Waals surface area contributed by atoms with Crippen molar-refractivity contribution < 1.29 is 19.4 Å². The monoisotopic (exact) mass is 426 g/mol. The van der Waals surface area contributed by atoms with Gasteiger partial charge >= 0.3 is 5.97 Å². The van der Waals surface area contributed by atoms with Gasteiger partial charge in [0.25, 0.3) is 0 Å². The topological polar surface area (TPSA) is 55.8 Å². The van der Waals surface area contributed by atoms with Gasteiger partial charge < -0.3 is 14.6 Å². The van der Waals surface area contributed by atoms with Crippen LogP contribution in [0, 0.1) is 5.92 Å². The van der Waals surface area contributed by atoms with Gasteiger partial charge in [0.2, 0.25) is 0 Å². The maximum absolute atomic E-state index is 11.9. The zero-order valence-electron chi connectivity index (χ0n) is 19.2. The van der Waals surface area contributed by atoms with Gasteiger partial charge in [-0.3, -0.25) is 0 Å². The zero-order chi connectivity index (χ0) is 22.8.